The molecule has 1 N–H and O–H groups in total. The van der Waals surface area contributed by atoms with E-state index in [1.165, 1.54) is 6.26 Å². The van der Waals surface area contributed by atoms with Gasteiger partial charge in [-0.2, -0.15) is 0 Å². The molecule has 0 radical (unpaired) electrons. The lowest BCUT2D eigenvalue weighted by atomic mass is 10.0. The zero-order valence-corrected chi connectivity index (χ0v) is 14.1. The molecule has 1 aliphatic rings. The van der Waals surface area contributed by atoms with E-state index >= 15 is 0 Å². The van der Waals surface area contributed by atoms with Crippen LogP contribution in [0.25, 0.3) is 0 Å². The molecule has 0 aliphatic carbocycles. The molecule has 1 aromatic rings. The third-order valence-corrected chi connectivity index (χ3v) is 4.86. The highest BCUT2D eigenvalue weighted by atomic mass is 32.2. The van der Waals surface area contributed by atoms with E-state index in [0.717, 1.165) is 19.4 Å². The first-order valence-corrected chi connectivity index (χ1v) is 9.38. The fourth-order valence-corrected chi connectivity index (χ4v) is 3.40. The Balaban J connectivity index is 2.18. The van der Waals surface area contributed by atoms with Gasteiger partial charge in [-0.25, -0.2) is 13.4 Å². The summed E-state index contributed by atoms with van der Waals surface area (Å²) in [6, 6.07) is 3.23. The molecule has 1 atom stereocenters. The first-order valence-electron chi connectivity index (χ1n) is 7.49. The molecular formula is C15H23N3O3S. The Morgan fingerprint density at radius 3 is 2.82 bits per heavy atom. The van der Waals surface area contributed by atoms with Crippen molar-refractivity contribution in [3.05, 3.63) is 18.3 Å². The summed E-state index contributed by atoms with van der Waals surface area (Å²) in [7, 11) is -3.33. The number of pyridine rings is 1. The molecule has 6 nitrogen and oxygen atoms in total. The van der Waals surface area contributed by atoms with Crippen molar-refractivity contribution in [3.63, 3.8) is 0 Å². The molecule has 0 bridgehead atoms. The van der Waals surface area contributed by atoms with Gasteiger partial charge in [-0.3, -0.25) is 4.79 Å². The number of piperidine rings is 1. The Labute approximate surface area is 131 Å². The molecule has 1 fully saturated rings. The predicted molar refractivity (Wildman–Crippen MR) is 85.6 cm³/mol. The monoisotopic (exact) mass is 325 g/mol. The van der Waals surface area contributed by atoms with Crippen LogP contribution in [0.5, 0.6) is 0 Å². The van der Waals surface area contributed by atoms with Gasteiger partial charge in [0.2, 0.25) is 5.91 Å². The summed E-state index contributed by atoms with van der Waals surface area (Å²) in [5, 5.41) is 3.02. The van der Waals surface area contributed by atoms with Gasteiger partial charge in [0.25, 0.3) is 0 Å². The van der Waals surface area contributed by atoms with E-state index in [0.29, 0.717) is 12.4 Å². The maximum atomic E-state index is 11.9. The maximum absolute atomic E-state index is 11.9. The van der Waals surface area contributed by atoms with Crippen LogP contribution in [-0.4, -0.2) is 44.7 Å². The van der Waals surface area contributed by atoms with Gasteiger partial charge in [0.05, 0.1) is 0 Å². The molecule has 2 rings (SSSR count). The summed E-state index contributed by atoms with van der Waals surface area (Å²) in [4.78, 5) is 18.3. The number of anilines is 1. The molecule has 1 aromatic heterocycles. The van der Waals surface area contributed by atoms with Crippen LogP contribution in [0.3, 0.4) is 0 Å². The highest BCUT2D eigenvalue weighted by molar-refractivity contribution is 7.90. The second-order valence-corrected chi connectivity index (χ2v) is 8.03. The molecule has 22 heavy (non-hydrogen) atoms. The van der Waals surface area contributed by atoms with Gasteiger partial charge in [-0.15, -0.1) is 0 Å². The Morgan fingerprint density at radius 1 is 1.45 bits per heavy atom. The third-order valence-electron chi connectivity index (χ3n) is 3.74. The van der Waals surface area contributed by atoms with Crippen molar-refractivity contribution >= 4 is 21.6 Å². The van der Waals surface area contributed by atoms with Gasteiger partial charge in [-0.05, 0) is 25.0 Å². The van der Waals surface area contributed by atoms with Crippen LogP contribution >= 0.6 is 0 Å². The van der Waals surface area contributed by atoms with E-state index in [-0.39, 0.29) is 22.8 Å². The van der Waals surface area contributed by atoms with Crippen LogP contribution < -0.4 is 10.2 Å². The summed E-state index contributed by atoms with van der Waals surface area (Å²) in [5.74, 6) is 0.446. The Bertz CT molecular complexity index is 643. The topological polar surface area (TPSA) is 79.4 Å². The van der Waals surface area contributed by atoms with E-state index in [9.17, 15) is 13.2 Å². The highest BCUT2D eigenvalue weighted by Crippen LogP contribution is 2.25. The summed E-state index contributed by atoms with van der Waals surface area (Å²) < 4.78 is 23.8. The number of nitrogens with one attached hydrogen (secondary N) is 1. The molecule has 1 amide bonds. The van der Waals surface area contributed by atoms with Crippen LogP contribution in [0, 0.1) is 5.92 Å². The lowest BCUT2D eigenvalue weighted by Gasteiger charge is -2.35. The number of hydrogen-bond donors (Lipinski definition) is 1. The minimum Gasteiger partial charge on any atom is -0.353 e. The normalized spacial score (nSPS) is 19.3. The molecule has 0 spiro atoms. The number of rotatable bonds is 4. The van der Waals surface area contributed by atoms with E-state index in [1.807, 2.05) is 18.7 Å². The van der Waals surface area contributed by atoms with Crippen LogP contribution in [0.2, 0.25) is 0 Å². The van der Waals surface area contributed by atoms with Gasteiger partial charge in [-0.1, -0.05) is 13.8 Å². The molecular weight excluding hydrogens is 302 g/mol. The average molecular weight is 325 g/mol. The van der Waals surface area contributed by atoms with Gasteiger partial charge in [0.15, 0.2) is 9.84 Å². The Kier molecular flexibility index (Phi) is 5.05. The Morgan fingerprint density at radius 2 is 2.18 bits per heavy atom. The number of amides is 1. The zero-order chi connectivity index (χ0) is 16.3. The van der Waals surface area contributed by atoms with Crippen molar-refractivity contribution in [3.8, 4) is 0 Å². The van der Waals surface area contributed by atoms with Gasteiger partial charge < -0.3 is 10.2 Å². The van der Waals surface area contributed by atoms with Crippen molar-refractivity contribution in [2.45, 2.75) is 37.6 Å². The molecule has 1 aliphatic heterocycles. The van der Waals surface area contributed by atoms with Crippen LogP contribution in [0.4, 0.5) is 5.82 Å². The van der Waals surface area contributed by atoms with Gasteiger partial charge in [0.1, 0.15) is 10.7 Å². The van der Waals surface area contributed by atoms with Crippen LogP contribution in [0.15, 0.2) is 23.2 Å². The van der Waals surface area contributed by atoms with E-state index < -0.39 is 9.84 Å². The smallest absolute Gasteiger partial charge is 0.222 e. The minimum absolute atomic E-state index is 0.0243. The molecule has 2 heterocycles. The fraction of sp³-hybridized carbons (Fsp3) is 0.600. The van der Waals surface area contributed by atoms with Gasteiger partial charge in [0, 0.05) is 37.5 Å². The minimum atomic E-state index is -3.33. The third kappa shape index (κ3) is 3.97. The molecule has 0 aromatic carbocycles. The second-order valence-electron chi connectivity index (χ2n) is 6.05. The van der Waals surface area contributed by atoms with Crippen molar-refractivity contribution in [1.29, 1.82) is 0 Å². The summed E-state index contributed by atoms with van der Waals surface area (Å²) >= 11 is 0. The van der Waals surface area contributed by atoms with Crippen molar-refractivity contribution in [2.24, 2.45) is 5.92 Å². The maximum Gasteiger partial charge on any atom is 0.222 e. The van der Waals surface area contributed by atoms with Crippen LogP contribution in [0.1, 0.15) is 26.7 Å². The van der Waals surface area contributed by atoms with E-state index in [4.69, 9.17) is 0 Å². The first kappa shape index (κ1) is 16.7. The largest absolute Gasteiger partial charge is 0.353 e. The summed E-state index contributed by atoms with van der Waals surface area (Å²) in [6.07, 6.45) is 4.58. The first-order chi connectivity index (χ1) is 10.3. The fourth-order valence-electron chi connectivity index (χ4n) is 2.56. The van der Waals surface area contributed by atoms with E-state index in [1.54, 1.807) is 18.3 Å². The average Bonchev–Trinajstić information content (AvgIpc) is 2.46. The number of sulfone groups is 1. The molecule has 1 saturated heterocycles. The number of carbonyl (C=O) groups is 1. The standard InChI is InChI=1S/C15H23N3O3S/c1-11(2)15(19)17-12-6-5-9-18(10-12)14-13(22(3,20)21)7-4-8-16-14/h4,7-8,11-12H,5-6,9-10H2,1-3H3,(H,17,19). The predicted octanol–water partition coefficient (Wildman–Crippen LogP) is 1.23. The summed E-state index contributed by atoms with van der Waals surface area (Å²) in [6.45, 7) is 5.04. The molecule has 7 heteroatoms. The number of hydrogen-bond acceptors (Lipinski definition) is 5. The summed E-state index contributed by atoms with van der Waals surface area (Å²) in [5.41, 5.74) is 0. The van der Waals surface area contributed by atoms with Gasteiger partial charge >= 0.3 is 0 Å². The lowest BCUT2D eigenvalue weighted by molar-refractivity contribution is -0.124. The quantitative estimate of drug-likeness (QED) is 0.900. The second kappa shape index (κ2) is 6.64. The highest BCUT2D eigenvalue weighted by Gasteiger charge is 2.26. The van der Waals surface area contributed by atoms with E-state index in [2.05, 4.69) is 10.3 Å². The SMILES string of the molecule is CC(C)C(=O)NC1CCCN(c2ncccc2S(C)(=O)=O)C1. The lowest BCUT2D eigenvalue weighted by Crippen LogP contribution is -2.49. The number of nitrogens with zero attached hydrogens (tertiary/aromatic N) is 2. The van der Waals surface area contributed by atoms with Crippen LogP contribution in [-0.2, 0) is 14.6 Å². The molecule has 122 valence electrons. The van der Waals surface area contributed by atoms with Crippen molar-refractivity contribution in [2.75, 3.05) is 24.2 Å². The van der Waals surface area contributed by atoms with Crippen molar-refractivity contribution < 1.29 is 13.2 Å². The number of carbonyl (C=O) groups excluding carboxylic acids is 1. The number of aromatic nitrogens is 1. The zero-order valence-electron chi connectivity index (χ0n) is 13.2. The Hall–Kier alpha value is -1.63. The van der Waals surface area contributed by atoms with Crippen molar-refractivity contribution in [1.82, 2.24) is 10.3 Å². The molecule has 0 saturated carbocycles. The molecule has 1 unspecified atom stereocenters.